The van der Waals surface area contributed by atoms with Crippen LogP contribution in [0.5, 0.6) is 0 Å². The standard InChI is InChI=1S/C47H32N2O/c1-47(2)39-20-10-8-17-34(39)38-27-30(23-26-40(38)47)31-24-25-35(33-16-7-6-15-32(31)33)41-28-42(49-46(48-41)29-13-4-3-5-14-29)36-19-12-22-44-45(36)37-18-9-11-21-43(37)50-44/h3-28H,1-2H3. The SMILES string of the molecule is CC1(C)c2ccccc2-c2cc(-c3ccc(-c4cc(-c5cccc6oc7ccccc7c56)nc(-c5ccccc5)n4)c4ccccc34)ccc21. The molecule has 0 fully saturated rings. The van der Waals surface area contributed by atoms with Crippen molar-refractivity contribution in [3.05, 3.63) is 169 Å². The van der Waals surface area contributed by atoms with Crippen molar-refractivity contribution < 1.29 is 4.42 Å². The van der Waals surface area contributed by atoms with Gasteiger partial charge in [0.15, 0.2) is 5.82 Å². The van der Waals surface area contributed by atoms with E-state index in [1.54, 1.807) is 0 Å². The highest BCUT2D eigenvalue weighted by Gasteiger charge is 2.35. The van der Waals surface area contributed by atoms with Gasteiger partial charge < -0.3 is 4.42 Å². The van der Waals surface area contributed by atoms with Crippen LogP contribution in [0.25, 0.3) is 88.9 Å². The van der Waals surface area contributed by atoms with Gasteiger partial charge in [0.1, 0.15) is 11.2 Å². The first-order valence-electron chi connectivity index (χ1n) is 17.2. The molecule has 0 atom stereocenters. The number of hydrogen-bond donors (Lipinski definition) is 0. The van der Waals surface area contributed by atoms with Crippen LogP contribution in [0.1, 0.15) is 25.0 Å². The number of para-hydroxylation sites is 1. The van der Waals surface area contributed by atoms with Gasteiger partial charge in [-0.05, 0) is 68.4 Å². The second-order valence-corrected chi connectivity index (χ2v) is 13.7. The fourth-order valence-electron chi connectivity index (χ4n) is 8.09. The predicted octanol–water partition coefficient (Wildman–Crippen LogP) is 12.5. The summed E-state index contributed by atoms with van der Waals surface area (Å²) < 4.78 is 6.27. The first-order valence-corrected chi connectivity index (χ1v) is 17.2. The van der Waals surface area contributed by atoms with E-state index in [0.29, 0.717) is 5.82 Å². The van der Waals surface area contributed by atoms with Crippen LogP contribution >= 0.6 is 0 Å². The van der Waals surface area contributed by atoms with E-state index < -0.39 is 0 Å². The molecule has 10 rings (SSSR count). The smallest absolute Gasteiger partial charge is 0.160 e. The molecule has 0 saturated heterocycles. The van der Waals surface area contributed by atoms with Crippen LogP contribution < -0.4 is 0 Å². The minimum Gasteiger partial charge on any atom is -0.456 e. The van der Waals surface area contributed by atoms with Crippen LogP contribution in [0.3, 0.4) is 0 Å². The molecule has 2 heterocycles. The molecule has 0 bridgehead atoms. The van der Waals surface area contributed by atoms with E-state index in [0.717, 1.165) is 55.4 Å². The molecule has 1 aliphatic carbocycles. The molecule has 0 radical (unpaired) electrons. The molecule has 0 spiro atoms. The number of fused-ring (bicyclic) bond motifs is 7. The summed E-state index contributed by atoms with van der Waals surface area (Å²) in [6, 6.07) is 55.9. The Labute approximate surface area is 290 Å². The first-order chi connectivity index (χ1) is 24.5. The van der Waals surface area contributed by atoms with E-state index in [2.05, 4.69) is 129 Å². The first kappa shape index (κ1) is 28.7. The summed E-state index contributed by atoms with van der Waals surface area (Å²) >= 11 is 0. The van der Waals surface area contributed by atoms with Crippen LogP contribution in [0.4, 0.5) is 0 Å². The highest BCUT2D eigenvalue weighted by Crippen LogP contribution is 2.50. The van der Waals surface area contributed by atoms with Crippen molar-refractivity contribution in [1.82, 2.24) is 9.97 Å². The third-order valence-electron chi connectivity index (χ3n) is 10.5. The van der Waals surface area contributed by atoms with E-state index >= 15 is 0 Å². The zero-order chi connectivity index (χ0) is 33.4. The molecule has 0 amide bonds. The molecule has 236 valence electrons. The van der Waals surface area contributed by atoms with Crippen molar-refractivity contribution in [1.29, 1.82) is 0 Å². The van der Waals surface area contributed by atoms with E-state index in [1.165, 1.54) is 38.8 Å². The van der Waals surface area contributed by atoms with Crippen LogP contribution in [0.15, 0.2) is 162 Å². The van der Waals surface area contributed by atoms with E-state index in [9.17, 15) is 0 Å². The van der Waals surface area contributed by atoms with Gasteiger partial charge in [0.2, 0.25) is 0 Å². The maximum Gasteiger partial charge on any atom is 0.160 e. The number of furan rings is 1. The van der Waals surface area contributed by atoms with Gasteiger partial charge in [-0.2, -0.15) is 0 Å². The molecule has 2 aromatic heterocycles. The molecule has 0 aliphatic heterocycles. The minimum absolute atomic E-state index is 0.0232. The topological polar surface area (TPSA) is 38.9 Å². The van der Waals surface area contributed by atoms with Gasteiger partial charge in [0.05, 0.1) is 11.4 Å². The minimum atomic E-state index is -0.0232. The predicted molar refractivity (Wildman–Crippen MR) is 206 cm³/mol. The fraction of sp³-hybridized carbons (Fsp3) is 0.0638. The third kappa shape index (κ3) is 4.30. The number of nitrogens with zero attached hydrogens (tertiary/aromatic N) is 2. The Morgan fingerprint density at radius 1 is 0.420 bits per heavy atom. The molecule has 3 nitrogen and oxygen atoms in total. The highest BCUT2D eigenvalue weighted by molar-refractivity contribution is 6.12. The lowest BCUT2D eigenvalue weighted by Gasteiger charge is -2.21. The van der Waals surface area contributed by atoms with Crippen LogP contribution in [0, 0.1) is 0 Å². The molecular weight excluding hydrogens is 609 g/mol. The summed E-state index contributed by atoms with van der Waals surface area (Å²) in [7, 11) is 0. The summed E-state index contributed by atoms with van der Waals surface area (Å²) in [5.41, 5.74) is 14.4. The van der Waals surface area contributed by atoms with E-state index in [4.69, 9.17) is 14.4 Å². The van der Waals surface area contributed by atoms with Gasteiger partial charge >= 0.3 is 0 Å². The lowest BCUT2D eigenvalue weighted by Crippen LogP contribution is -2.14. The molecule has 9 aromatic rings. The normalized spacial score (nSPS) is 13.2. The summed E-state index contributed by atoms with van der Waals surface area (Å²) in [4.78, 5) is 10.4. The Morgan fingerprint density at radius 3 is 1.88 bits per heavy atom. The summed E-state index contributed by atoms with van der Waals surface area (Å²) in [6.45, 7) is 4.66. The van der Waals surface area contributed by atoms with E-state index in [1.807, 2.05) is 42.5 Å². The van der Waals surface area contributed by atoms with Crippen molar-refractivity contribution in [2.75, 3.05) is 0 Å². The Bertz CT molecular complexity index is 2790. The Kier molecular flexibility index (Phi) is 6.22. The Balaban J connectivity index is 1.18. The zero-order valence-corrected chi connectivity index (χ0v) is 27.8. The average molecular weight is 641 g/mol. The summed E-state index contributed by atoms with van der Waals surface area (Å²) in [5.74, 6) is 0.691. The molecule has 7 aromatic carbocycles. The molecule has 3 heteroatoms. The maximum absolute atomic E-state index is 6.27. The summed E-state index contributed by atoms with van der Waals surface area (Å²) in [5, 5.41) is 4.49. The van der Waals surface area contributed by atoms with Gasteiger partial charge in [0, 0.05) is 32.9 Å². The molecule has 1 aliphatic rings. The van der Waals surface area contributed by atoms with Crippen LogP contribution in [0.2, 0.25) is 0 Å². The molecule has 0 unspecified atom stereocenters. The lowest BCUT2D eigenvalue weighted by atomic mass is 9.82. The number of aromatic nitrogens is 2. The second-order valence-electron chi connectivity index (χ2n) is 13.7. The van der Waals surface area contributed by atoms with Crippen molar-refractivity contribution in [2.45, 2.75) is 19.3 Å². The van der Waals surface area contributed by atoms with Gasteiger partial charge in [-0.25, -0.2) is 9.97 Å². The quantitative estimate of drug-likeness (QED) is 0.192. The van der Waals surface area contributed by atoms with Crippen molar-refractivity contribution in [3.8, 4) is 56.2 Å². The highest BCUT2D eigenvalue weighted by atomic mass is 16.3. The van der Waals surface area contributed by atoms with Crippen molar-refractivity contribution >= 4 is 32.7 Å². The average Bonchev–Trinajstić information content (AvgIpc) is 3.66. The Hall–Kier alpha value is -6.32. The monoisotopic (exact) mass is 640 g/mol. The molecule has 0 N–H and O–H groups in total. The number of hydrogen-bond acceptors (Lipinski definition) is 3. The largest absolute Gasteiger partial charge is 0.456 e. The zero-order valence-electron chi connectivity index (χ0n) is 27.8. The van der Waals surface area contributed by atoms with Gasteiger partial charge in [-0.1, -0.05) is 147 Å². The van der Waals surface area contributed by atoms with Gasteiger partial charge in [-0.15, -0.1) is 0 Å². The van der Waals surface area contributed by atoms with Crippen molar-refractivity contribution in [2.24, 2.45) is 0 Å². The lowest BCUT2D eigenvalue weighted by molar-refractivity contribution is 0.660. The molecule has 0 saturated carbocycles. The molecular formula is C47H32N2O. The van der Waals surface area contributed by atoms with Gasteiger partial charge in [-0.3, -0.25) is 0 Å². The summed E-state index contributed by atoms with van der Waals surface area (Å²) in [6.07, 6.45) is 0. The Morgan fingerprint density at radius 2 is 1.04 bits per heavy atom. The van der Waals surface area contributed by atoms with Crippen LogP contribution in [-0.2, 0) is 5.41 Å². The maximum atomic E-state index is 6.27. The third-order valence-corrected chi connectivity index (χ3v) is 10.5. The fourth-order valence-corrected chi connectivity index (χ4v) is 8.09. The molecule has 50 heavy (non-hydrogen) atoms. The van der Waals surface area contributed by atoms with E-state index in [-0.39, 0.29) is 5.41 Å². The van der Waals surface area contributed by atoms with Gasteiger partial charge in [0.25, 0.3) is 0 Å². The van der Waals surface area contributed by atoms with Crippen molar-refractivity contribution in [3.63, 3.8) is 0 Å². The van der Waals surface area contributed by atoms with Crippen LogP contribution in [-0.4, -0.2) is 9.97 Å². The second kappa shape index (κ2) is 10.8. The number of rotatable bonds is 4. The number of benzene rings is 7.